The molecular formula is C20H30O4. The van der Waals surface area contributed by atoms with Gasteiger partial charge in [-0.2, -0.15) is 0 Å². The Bertz CT molecular complexity index is 612. The van der Waals surface area contributed by atoms with Gasteiger partial charge in [-0.05, 0) is 46.9 Å². The Balaban J connectivity index is 4.18. The summed E-state index contributed by atoms with van der Waals surface area (Å²) in [6.45, 7) is 16.4. The average Bonchev–Trinajstić information content (AvgIpc) is 2.44. The average molecular weight is 334 g/mol. The fourth-order valence-electron chi connectivity index (χ4n) is 3.59. The van der Waals surface area contributed by atoms with Crippen molar-refractivity contribution >= 4 is 11.9 Å². The molecule has 0 aromatic heterocycles. The Hall–Kier alpha value is -1.84. The molecule has 4 nitrogen and oxygen atoms in total. The molecular weight excluding hydrogens is 304 g/mol. The minimum atomic E-state index is -0.512. The fraction of sp³-hybridized carbons (Fsp3) is 0.600. The first-order valence-corrected chi connectivity index (χ1v) is 8.13. The number of carbonyl (C=O) groups is 2. The third-order valence-corrected chi connectivity index (χ3v) is 4.28. The van der Waals surface area contributed by atoms with Crippen LogP contribution in [0.5, 0.6) is 0 Å². The zero-order chi connectivity index (χ0) is 19.0. The van der Waals surface area contributed by atoms with E-state index >= 15 is 0 Å². The van der Waals surface area contributed by atoms with Gasteiger partial charge in [-0.1, -0.05) is 41.5 Å². The molecule has 0 bridgehead atoms. The molecule has 0 unspecified atom stereocenters. The Morgan fingerprint density at radius 1 is 0.667 bits per heavy atom. The van der Waals surface area contributed by atoms with E-state index in [1.54, 1.807) is 0 Å². The van der Waals surface area contributed by atoms with E-state index in [-0.39, 0.29) is 10.8 Å². The first-order chi connectivity index (χ1) is 10.8. The molecule has 134 valence electrons. The number of carbonyl (C=O) groups excluding carboxylic acids is 2. The third-order valence-electron chi connectivity index (χ3n) is 4.28. The number of rotatable bonds is 2. The van der Waals surface area contributed by atoms with Crippen molar-refractivity contribution < 1.29 is 19.1 Å². The predicted octanol–water partition coefficient (Wildman–Crippen LogP) is 4.47. The van der Waals surface area contributed by atoms with E-state index in [9.17, 15) is 9.59 Å². The molecule has 0 aliphatic carbocycles. The molecule has 24 heavy (non-hydrogen) atoms. The van der Waals surface area contributed by atoms with E-state index in [2.05, 4.69) is 41.5 Å². The normalized spacial score (nSPS) is 12.1. The van der Waals surface area contributed by atoms with Gasteiger partial charge in [-0.15, -0.1) is 0 Å². The largest absolute Gasteiger partial charge is 0.465 e. The predicted molar refractivity (Wildman–Crippen MR) is 96.0 cm³/mol. The third kappa shape index (κ3) is 3.47. The molecule has 0 aliphatic rings. The van der Waals surface area contributed by atoms with Gasteiger partial charge >= 0.3 is 11.9 Å². The van der Waals surface area contributed by atoms with Crippen LogP contribution in [0.15, 0.2) is 0 Å². The summed E-state index contributed by atoms with van der Waals surface area (Å²) in [6, 6.07) is 0. The second kappa shape index (κ2) is 6.58. The molecule has 0 spiro atoms. The number of esters is 2. The van der Waals surface area contributed by atoms with E-state index in [0.29, 0.717) is 11.1 Å². The maximum absolute atomic E-state index is 12.4. The maximum Gasteiger partial charge on any atom is 0.339 e. The van der Waals surface area contributed by atoms with E-state index in [0.717, 1.165) is 22.3 Å². The SMILES string of the molecule is COC(=O)c1c(C)c(C(C)(C)C)c(C(C)(C)C)c(C)c1C(=O)OC. The van der Waals surface area contributed by atoms with Crippen molar-refractivity contribution in [2.45, 2.75) is 66.2 Å². The van der Waals surface area contributed by atoms with Crippen molar-refractivity contribution in [3.63, 3.8) is 0 Å². The number of methoxy groups -OCH3 is 2. The van der Waals surface area contributed by atoms with Gasteiger partial charge in [-0.25, -0.2) is 9.59 Å². The van der Waals surface area contributed by atoms with Gasteiger partial charge in [0, 0.05) is 0 Å². The van der Waals surface area contributed by atoms with Crippen molar-refractivity contribution in [1.82, 2.24) is 0 Å². The van der Waals surface area contributed by atoms with Crippen LogP contribution in [0.1, 0.15) is 84.5 Å². The minimum Gasteiger partial charge on any atom is -0.465 e. The van der Waals surface area contributed by atoms with Gasteiger partial charge in [0.15, 0.2) is 0 Å². The number of ether oxygens (including phenoxy) is 2. The molecule has 1 rings (SSSR count). The standard InChI is InChI=1S/C20H30O4/c1-11-13(17(21)23-9)14(18(22)24-10)12(2)16(20(6,7)8)15(11)19(3,4)5/h1-10H3. The van der Waals surface area contributed by atoms with E-state index in [4.69, 9.17) is 9.47 Å². The Morgan fingerprint density at radius 2 is 0.917 bits per heavy atom. The van der Waals surface area contributed by atoms with Gasteiger partial charge in [0.05, 0.1) is 25.3 Å². The second-order valence-corrected chi connectivity index (χ2v) is 8.23. The van der Waals surface area contributed by atoms with Crippen LogP contribution in [-0.4, -0.2) is 26.2 Å². The molecule has 0 fully saturated rings. The van der Waals surface area contributed by atoms with Crippen LogP contribution < -0.4 is 0 Å². The summed E-state index contributed by atoms with van der Waals surface area (Å²) in [5, 5.41) is 0. The van der Waals surface area contributed by atoms with Crippen molar-refractivity contribution in [1.29, 1.82) is 0 Å². The molecule has 0 atom stereocenters. The lowest BCUT2D eigenvalue weighted by Gasteiger charge is -2.35. The van der Waals surface area contributed by atoms with Crippen LogP contribution in [0.2, 0.25) is 0 Å². The summed E-state index contributed by atoms with van der Waals surface area (Å²) in [5.41, 5.74) is 3.97. The molecule has 0 N–H and O–H groups in total. The second-order valence-electron chi connectivity index (χ2n) is 8.23. The van der Waals surface area contributed by atoms with Crippen LogP contribution >= 0.6 is 0 Å². The van der Waals surface area contributed by atoms with Crippen LogP contribution in [0, 0.1) is 13.8 Å². The van der Waals surface area contributed by atoms with E-state index < -0.39 is 11.9 Å². The molecule has 0 amide bonds. The molecule has 4 heteroatoms. The maximum atomic E-state index is 12.4. The molecule has 1 aromatic rings. The van der Waals surface area contributed by atoms with Crippen molar-refractivity contribution in [3.05, 3.63) is 33.4 Å². The van der Waals surface area contributed by atoms with Gasteiger partial charge in [-0.3, -0.25) is 0 Å². The highest BCUT2D eigenvalue weighted by Crippen LogP contribution is 2.41. The zero-order valence-electron chi connectivity index (χ0n) is 16.6. The molecule has 0 radical (unpaired) electrons. The summed E-state index contributed by atoms with van der Waals surface area (Å²) in [6.07, 6.45) is 0. The van der Waals surface area contributed by atoms with Gasteiger partial charge < -0.3 is 9.47 Å². The molecule has 0 saturated carbocycles. The first-order valence-electron chi connectivity index (χ1n) is 8.13. The summed E-state index contributed by atoms with van der Waals surface area (Å²) in [4.78, 5) is 24.9. The smallest absolute Gasteiger partial charge is 0.339 e. The van der Waals surface area contributed by atoms with E-state index in [1.807, 2.05) is 13.8 Å². The van der Waals surface area contributed by atoms with E-state index in [1.165, 1.54) is 14.2 Å². The number of hydrogen-bond acceptors (Lipinski definition) is 4. The van der Waals surface area contributed by atoms with Crippen LogP contribution in [0.4, 0.5) is 0 Å². The number of benzene rings is 1. The minimum absolute atomic E-state index is 0.186. The Kier molecular flexibility index (Phi) is 5.54. The summed E-state index contributed by atoms with van der Waals surface area (Å²) < 4.78 is 9.91. The fourth-order valence-corrected chi connectivity index (χ4v) is 3.59. The van der Waals surface area contributed by atoms with Crippen molar-refractivity contribution in [3.8, 4) is 0 Å². The zero-order valence-corrected chi connectivity index (χ0v) is 16.6. The van der Waals surface area contributed by atoms with Crippen molar-refractivity contribution in [2.75, 3.05) is 14.2 Å². The summed E-state index contributed by atoms with van der Waals surface area (Å²) in [5.74, 6) is -1.02. The molecule has 0 saturated heterocycles. The Morgan fingerprint density at radius 3 is 1.08 bits per heavy atom. The molecule has 0 heterocycles. The first kappa shape index (κ1) is 20.2. The molecule has 0 aliphatic heterocycles. The van der Waals surface area contributed by atoms with Crippen LogP contribution in [0.25, 0.3) is 0 Å². The molecule has 1 aromatic carbocycles. The quantitative estimate of drug-likeness (QED) is 0.749. The van der Waals surface area contributed by atoms with Crippen LogP contribution in [-0.2, 0) is 20.3 Å². The lowest BCUT2D eigenvalue weighted by atomic mass is 9.69. The van der Waals surface area contributed by atoms with Crippen LogP contribution in [0.3, 0.4) is 0 Å². The summed E-state index contributed by atoms with van der Waals surface area (Å²) in [7, 11) is 2.65. The lowest BCUT2D eigenvalue weighted by molar-refractivity contribution is 0.0553. The van der Waals surface area contributed by atoms with Gasteiger partial charge in [0.1, 0.15) is 0 Å². The number of hydrogen-bond donors (Lipinski definition) is 0. The monoisotopic (exact) mass is 334 g/mol. The summed E-state index contributed by atoms with van der Waals surface area (Å²) >= 11 is 0. The van der Waals surface area contributed by atoms with Crippen molar-refractivity contribution in [2.24, 2.45) is 0 Å². The van der Waals surface area contributed by atoms with Gasteiger partial charge in [0.25, 0.3) is 0 Å². The Labute approximate surface area is 145 Å². The highest BCUT2D eigenvalue weighted by atomic mass is 16.5. The lowest BCUT2D eigenvalue weighted by Crippen LogP contribution is -2.29. The topological polar surface area (TPSA) is 52.6 Å². The van der Waals surface area contributed by atoms with Gasteiger partial charge in [0.2, 0.25) is 0 Å². The highest BCUT2D eigenvalue weighted by Gasteiger charge is 2.35. The highest BCUT2D eigenvalue weighted by molar-refractivity contribution is 6.06.